The van der Waals surface area contributed by atoms with Crippen molar-refractivity contribution in [2.24, 2.45) is 0 Å². The van der Waals surface area contributed by atoms with Crippen molar-refractivity contribution < 1.29 is 0 Å². The minimum atomic E-state index is 0.694. The number of aryl methyl sites for hydroxylation is 1. The van der Waals surface area contributed by atoms with E-state index in [-0.39, 0.29) is 0 Å². The van der Waals surface area contributed by atoms with Crippen LogP contribution in [0.15, 0.2) is 36.4 Å². The van der Waals surface area contributed by atoms with Gasteiger partial charge in [0.05, 0.1) is 23.0 Å². The molecule has 0 atom stereocenters. The number of nitrogens with one attached hydrogen (secondary N) is 2. The van der Waals surface area contributed by atoms with Gasteiger partial charge in [0.1, 0.15) is 0 Å². The molecule has 2 N–H and O–H groups in total. The Bertz CT molecular complexity index is 653. The van der Waals surface area contributed by atoms with Crippen LogP contribution in [0.1, 0.15) is 16.7 Å². The molecule has 0 amide bonds. The Balaban J connectivity index is 2.10. The highest BCUT2D eigenvalue weighted by Gasteiger charge is 2.13. The zero-order valence-electron chi connectivity index (χ0n) is 10.1. The lowest BCUT2D eigenvalue weighted by Crippen LogP contribution is -1.97. The molecular formula is C15H13N3. The van der Waals surface area contributed by atoms with Crippen LogP contribution >= 0.6 is 0 Å². The summed E-state index contributed by atoms with van der Waals surface area (Å²) < 4.78 is 0. The highest BCUT2D eigenvalue weighted by atomic mass is 15.0. The largest absolute Gasteiger partial charge is 0.379 e. The number of anilines is 3. The summed E-state index contributed by atoms with van der Waals surface area (Å²) in [5.74, 6) is 0. The summed E-state index contributed by atoms with van der Waals surface area (Å²) in [5.41, 5.74) is 6.29. The topological polar surface area (TPSA) is 47.9 Å². The van der Waals surface area contributed by atoms with E-state index in [1.165, 1.54) is 5.56 Å². The van der Waals surface area contributed by atoms with E-state index in [0.29, 0.717) is 5.56 Å². The summed E-state index contributed by atoms with van der Waals surface area (Å²) in [5, 5.41) is 15.8. The van der Waals surface area contributed by atoms with E-state index in [4.69, 9.17) is 5.26 Å². The molecule has 88 valence electrons. The molecule has 2 aromatic carbocycles. The quantitative estimate of drug-likeness (QED) is 0.734. The molecule has 1 aliphatic rings. The molecule has 0 unspecified atom stereocenters. The Labute approximate surface area is 106 Å². The first-order chi connectivity index (χ1) is 8.78. The van der Waals surface area contributed by atoms with Gasteiger partial charge in [-0.3, -0.25) is 0 Å². The predicted octanol–water partition coefficient (Wildman–Crippen LogP) is 3.54. The van der Waals surface area contributed by atoms with Crippen LogP contribution in [-0.2, 0) is 6.54 Å². The maximum Gasteiger partial charge on any atom is 0.0991 e. The van der Waals surface area contributed by atoms with Gasteiger partial charge in [0.25, 0.3) is 0 Å². The molecule has 3 nitrogen and oxygen atoms in total. The summed E-state index contributed by atoms with van der Waals surface area (Å²) in [7, 11) is 0. The molecule has 3 heteroatoms. The molecule has 1 heterocycles. The van der Waals surface area contributed by atoms with E-state index in [2.05, 4.69) is 35.8 Å². The lowest BCUT2D eigenvalue weighted by molar-refractivity contribution is 1.16. The zero-order valence-corrected chi connectivity index (χ0v) is 10.1. The van der Waals surface area contributed by atoms with Crippen molar-refractivity contribution in [3.8, 4) is 6.07 Å². The van der Waals surface area contributed by atoms with Crippen LogP contribution in [0.25, 0.3) is 0 Å². The van der Waals surface area contributed by atoms with Gasteiger partial charge >= 0.3 is 0 Å². The van der Waals surface area contributed by atoms with Crippen molar-refractivity contribution in [1.29, 1.82) is 5.26 Å². The van der Waals surface area contributed by atoms with Gasteiger partial charge in [-0.25, -0.2) is 0 Å². The highest BCUT2D eigenvalue weighted by molar-refractivity contribution is 5.80. The number of nitrogens with zero attached hydrogens (tertiary/aromatic N) is 1. The van der Waals surface area contributed by atoms with Crippen LogP contribution in [0.3, 0.4) is 0 Å². The van der Waals surface area contributed by atoms with Crippen molar-refractivity contribution >= 4 is 17.1 Å². The van der Waals surface area contributed by atoms with Crippen LogP contribution in [0.2, 0.25) is 0 Å². The molecule has 3 rings (SSSR count). The predicted molar refractivity (Wildman–Crippen MR) is 72.9 cm³/mol. The van der Waals surface area contributed by atoms with Crippen LogP contribution in [0, 0.1) is 18.3 Å². The lowest BCUT2D eigenvalue weighted by atomic mass is 10.1. The normalized spacial score (nSPS) is 12.2. The van der Waals surface area contributed by atoms with Crippen LogP contribution < -0.4 is 10.6 Å². The molecule has 0 saturated carbocycles. The van der Waals surface area contributed by atoms with Crippen molar-refractivity contribution in [3.05, 3.63) is 53.1 Å². The lowest BCUT2D eigenvalue weighted by Gasteiger charge is -2.11. The van der Waals surface area contributed by atoms with E-state index < -0.39 is 0 Å². The second kappa shape index (κ2) is 4.08. The van der Waals surface area contributed by atoms with Gasteiger partial charge in [0.2, 0.25) is 0 Å². The van der Waals surface area contributed by atoms with Crippen LogP contribution in [-0.4, -0.2) is 0 Å². The molecule has 2 aromatic rings. The Morgan fingerprint density at radius 1 is 1.17 bits per heavy atom. The second-order valence-electron chi connectivity index (χ2n) is 4.46. The molecule has 0 aliphatic carbocycles. The molecule has 0 spiro atoms. The van der Waals surface area contributed by atoms with Crippen molar-refractivity contribution in [2.75, 3.05) is 10.6 Å². The third-order valence-corrected chi connectivity index (χ3v) is 3.24. The average Bonchev–Trinajstić information content (AvgIpc) is 2.58. The number of rotatable bonds is 0. The minimum absolute atomic E-state index is 0.694. The molecule has 0 saturated heterocycles. The van der Waals surface area contributed by atoms with E-state index in [0.717, 1.165) is 29.2 Å². The van der Waals surface area contributed by atoms with E-state index >= 15 is 0 Å². The van der Waals surface area contributed by atoms with Crippen LogP contribution in [0.4, 0.5) is 17.1 Å². The van der Waals surface area contributed by atoms with E-state index in [9.17, 15) is 0 Å². The van der Waals surface area contributed by atoms with Gasteiger partial charge in [-0.15, -0.1) is 0 Å². The van der Waals surface area contributed by atoms with Gasteiger partial charge < -0.3 is 10.6 Å². The summed E-state index contributed by atoms with van der Waals surface area (Å²) in [4.78, 5) is 0. The summed E-state index contributed by atoms with van der Waals surface area (Å²) in [6.07, 6.45) is 0. The van der Waals surface area contributed by atoms with Crippen LogP contribution in [0.5, 0.6) is 0 Å². The molecule has 0 aromatic heterocycles. The van der Waals surface area contributed by atoms with E-state index in [1.807, 2.05) is 24.3 Å². The second-order valence-corrected chi connectivity index (χ2v) is 4.46. The van der Waals surface area contributed by atoms with Crippen molar-refractivity contribution in [3.63, 3.8) is 0 Å². The first-order valence-corrected chi connectivity index (χ1v) is 5.91. The van der Waals surface area contributed by atoms with Gasteiger partial charge in [0, 0.05) is 12.2 Å². The number of hydrogen-bond acceptors (Lipinski definition) is 3. The van der Waals surface area contributed by atoms with Crippen molar-refractivity contribution in [2.45, 2.75) is 13.5 Å². The van der Waals surface area contributed by atoms with Gasteiger partial charge in [0.15, 0.2) is 0 Å². The smallest absolute Gasteiger partial charge is 0.0991 e. The Hall–Kier alpha value is -2.47. The molecule has 0 fully saturated rings. The summed E-state index contributed by atoms with van der Waals surface area (Å²) in [6.45, 7) is 2.82. The molecule has 0 radical (unpaired) electrons. The number of fused-ring (bicyclic) bond motifs is 2. The summed E-state index contributed by atoms with van der Waals surface area (Å²) >= 11 is 0. The zero-order chi connectivity index (χ0) is 12.5. The molecule has 0 bridgehead atoms. The minimum Gasteiger partial charge on any atom is -0.379 e. The molecule has 18 heavy (non-hydrogen) atoms. The van der Waals surface area contributed by atoms with Gasteiger partial charge in [-0.1, -0.05) is 12.1 Å². The molecular weight excluding hydrogens is 222 g/mol. The van der Waals surface area contributed by atoms with Crippen molar-refractivity contribution in [1.82, 2.24) is 0 Å². The van der Waals surface area contributed by atoms with E-state index in [1.54, 1.807) is 0 Å². The number of nitriles is 1. The first-order valence-electron chi connectivity index (χ1n) is 5.91. The highest BCUT2D eigenvalue weighted by Crippen LogP contribution is 2.34. The maximum atomic E-state index is 8.94. The maximum absolute atomic E-state index is 8.94. The fraction of sp³-hybridized carbons (Fsp3) is 0.133. The monoisotopic (exact) mass is 235 g/mol. The Morgan fingerprint density at radius 3 is 2.89 bits per heavy atom. The SMILES string of the molecule is Cc1cccc2c1Nc1ccc(C#N)cc1CN2. The summed E-state index contributed by atoms with van der Waals surface area (Å²) in [6, 6.07) is 14.1. The number of benzene rings is 2. The third-order valence-electron chi connectivity index (χ3n) is 3.24. The number of hydrogen-bond donors (Lipinski definition) is 2. The fourth-order valence-electron chi connectivity index (χ4n) is 2.24. The Morgan fingerprint density at radius 2 is 2.06 bits per heavy atom. The number of para-hydroxylation sites is 1. The van der Waals surface area contributed by atoms with Gasteiger partial charge in [-0.2, -0.15) is 5.26 Å². The third kappa shape index (κ3) is 1.68. The molecule has 1 aliphatic heterocycles. The fourth-order valence-corrected chi connectivity index (χ4v) is 2.24. The standard InChI is InChI=1S/C15H13N3/c1-10-3-2-4-14-15(10)18-13-6-5-11(8-16)7-12(13)9-17-14/h2-7,17-18H,9H2,1H3. The Kier molecular flexibility index (Phi) is 2.42. The first kappa shape index (κ1) is 10.7. The average molecular weight is 235 g/mol. The van der Waals surface area contributed by atoms with Gasteiger partial charge in [-0.05, 0) is 42.3 Å².